The quantitative estimate of drug-likeness (QED) is 0.426. The van der Waals surface area contributed by atoms with Gasteiger partial charge in [0.15, 0.2) is 0 Å². The molecule has 0 aliphatic heterocycles. The second-order valence-electron chi connectivity index (χ2n) is 3.22. The predicted octanol–water partition coefficient (Wildman–Crippen LogP) is 4.91. The summed E-state index contributed by atoms with van der Waals surface area (Å²) >= 11 is 0. The summed E-state index contributed by atoms with van der Waals surface area (Å²) < 4.78 is 117. The molecule has 0 radical (unpaired) electrons. The molecule has 0 aliphatic rings. The van der Waals surface area contributed by atoms with Crippen LogP contribution in [0.25, 0.3) is 0 Å². The molecular formula is C4H11B3F12K-3. The van der Waals surface area contributed by atoms with Gasteiger partial charge in [-0.05, 0) is 5.92 Å². The van der Waals surface area contributed by atoms with Crippen molar-refractivity contribution in [3.8, 4) is 0 Å². The number of rotatable bonds is 0. The summed E-state index contributed by atoms with van der Waals surface area (Å²) in [6, 6.07) is 0. The van der Waals surface area contributed by atoms with Gasteiger partial charge in [-0.2, -0.15) is 0 Å². The molecule has 0 aromatic rings. The van der Waals surface area contributed by atoms with Crippen molar-refractivity contribution in [3.63, 3.8) is 0 Å². The molecule has 0 saturated heterocycles. The number of halogens is 12. The molecule has 16 heteroatoms. The van der Waals surface area contributed by atoms with Gasteiger partial charge < -0.3 is 51.8 Å². The Morgan fingerprint density at radius 1 is 0.450 bits per heavy atom. The molecule has 0 fully saturated rings. The number of hydrogen-bond acceptors (Lipinski definition) is 0. The normalized spacial score (nSPS) is 10.8. The Labute approximate surface area is 150 Å². The number of hydrogen-bond donors (Lipinski definition) is 0. The van der Waals surface area contributed by atoms with Gasteiger partial charge in [0.1, 0.15) is 0 Å². The summed E-state index contributed by atoms with van der Waals surface area (Å²) in [6.45, 7) is 6.50. The average Bonchev–Trinajstić information content (AvgIpc) is 1.66. The van der Waals surface area contributed by atoms with Crippen molar-refractivity contribution in [2.45, 2.75) is 20.8 Å². The summed E-state index contributed by atoms with van der Waals surface area (Å²) in [5.74, 6) is 0.833. The first-order valence-electron chi connectivity index (χ1n) is 4.35. The molecule has 0 amide bonds. The van der Waals surface area contributed by atoms with Crippen molar-refractivity contribution in [3.05, 3.63) is 0 Å². The first-order valence-corrected chi connectivity index (χ1v) is 4.35. The third kappa shape index (κ3) is 6260. The second-order valence-corrected chi connectivity index (χ2v) is 3.22. The van der Waals surface area contributed by atoms with Crippen LogP contribution in [-0.4, -0.2) is 73.1 Å². The van der Waals surface area contributed by atoms with E-state index >= 15 is 0 Å². The SMILES string of the molecule is CC(C)C.F[B-](F)(F)F.F[B-](F)(F)F.F[B-](F)(F)F.[KH]. The van der Waals surface area contributed by atoms with E-state index in [1.54, 1.807) is 0 Å². The fourth-order valence-electron chi connectivity index (χ4n) is 0. The van der Waals surface area contributed by atoms with Crippen LogP contribution < -0.4 is 0 Å². The summed E-state index contributed by atoms with van der Waals surface area (Å²) in [4.78, 5) is 0. The Morgan fingerprint density at radius 3 is 0.450 bits per heavy atom. The standard InChI is InChI=1S/C4H10.3BF4.K.H/c1-4(2)3;3*2-1(3,4)5;;/h4H,1-3H3;;;;;/q;3*-1;;. The van der Waals surface area contributed by atoms with Crippen molar-refractivity contribution in [2.75, 3.05) is 0 Å². The maximum atomic E-state index is 9.75. The van der Waals surface area contributed by atoms with E-state index in [1.807, 2.05) is 0 Å². The molecule has 0 aliphatic carbocycles. The maximum absolute atomic E-state index is 9.75. The Kier molecular flexibility index (Phi) is 24.5. The molecule has 0 unspecified atom stereocenters. The Morgan fingerprint density at radius 2 is 0.450 bits per heavy atom. The van der Waals surface area contributed by atoms with Crippen LogP contribution in [0.15, 0.2) is 0 Å². The molecule has 0 atom stereocenters. The van der Waals surface area contributed by atoms with E-state index in [2.05, 4.69) is 20.8 Å². The van der Waals surface area contributed by atoms with Crippen LogP contribution in [0.3, 0.4) is 0 Å². The minimum atomic E-state index is -6.00. The minimum absolute atomic E-state index is 0. The van der Waals surface area contributed by atoms with E-state index in [1.165, 1.54) is 0 Å². The van der Waals surface area contributed by atoms with Gasteiger partial charge in [0, 0.05) is 0 Å². The van der Waals surface area contributed by atoms with Crippen LogP contribution in [0.2, 0.25) is 0 Å². The van der Waals surface area contributed by atoms with Gasteiger partial charge >= 0.3 is 73.1 Å². The van der Waals surface area contributed by atoms with Crippen molar-refractivity contribution in [1.29, 1.82) is 0 Å². The zero-order valence-electron chi connectivity index (χ0n) is 9.84. The third-order valence-electron chi connectivity index (χ3n) is 0. The molecule has 0 rings (SSSR count). The Hall–Kier alpha value is 0.991. The first-order chi connectivity index (χ1) is 7.73. The molecule has 0 heterocycles. The van der Waals surface area contributed by atoms with Gasteiger partial charge in [-0.3, -0.25) is 0 Å². The van der Waals surface area contributed by atoms with Crippen molar-refractivity contribution < 1.29 is 51.8 Å². The van der Waals surface area contributed by atoms with Gasteiger partial charge in [-0.1, -0.05) is 20.8 Å². The molecule has 124 valence electrons. The Bertz CT molecular complexity index is 135. The summed E-state index contributed by atoms with van der Waals surface area (Å²) in [5, 5.41) is 0. The van der Waals surface area contributed by atoms with Gasteiger partial charge in [0.25, 0.3) is 0 Å². The van der Waals surface area contributed by atoms with Crippen LogP contribution in [0.1, 0.15) is 20.8 Å². The zero-order chi connectivity index (χ0) is 17.1. The molecule has 0 saturated carbocycles. The molecule has 0 aromatic carbocycles. The van der Waals surface area contributed by atoms with E-state index in [4.69, 9.17) is 0 Å². The molecule has 0 spiro atoms. The summed E-state index contributed by atoms with van der Waals surface area (Å²) in [7, 11) is -18.0. The molecule has 0 nitrogen and oxygen atoms in total. The summed E-state index contributed by atoms with van der Waals surface area (Å²) in [5.41, 5.74) is 0. The van der Waals surface area contributed by atoms with E-state index in [0.29, 0.717) is 0 Å². The van der Waals surface area contributed by atoms with Gasteiger partial charge in [-0.25, -0.2) is 0 Å². The first kappa shape index (κ1) is 32.8. The average molecular weight is 359 g/mol. The molecule has 0 N–H and O–H groups in total. The van der Waals surface area contributed by atoms with Crippen molar-refractivity contribution >= 4 is 73.1 Å². The van der Waals surface area contributed by atoms with Crippen LogP contribution in [-0.2, 0) is 0 Å². The fourth-order valence-corrected chi connectivity index (χ4v) is 0. The molecule has 20 heavy (non-hydrogen) atoms. The molecule has 0 bridgehead atoms. The van der Waals surface area contributed by atoms with Gasteiger partial charge in [0.05, 0.1) is 0 Å². The zero-order valence-corrected chi connectivity index (χ0v) is 9.84. The molecule has 0 aromatic heterocycles. The van der Waals surface area contributed by atoms with E-state index < -0.39 is 21.8 Å². The monoisotopic (exact) mass is 359 g/mol. The van der Waals surface area contributed by atoms with Gasteiger partial charge in [0.2, 0.25) is 0 Å². The second kappa shape index (κ2) is 14.9. The van der Waals surface area contributed by atoms with Gasteiger partial charge in [-0.15, -0.1) is 0 Å². The van der Waals surface area contributed by atoms with Crippen LogP contribution in [0.4, 0.5) is 51.8 Å². The van der Waals surface area contributed by atoms with E-state index in [9.17, 15) is 51.8 Å². The van der Waals surface area contributed by atoms with Crippen LogP contribution in [0.5, 0.6) is 0 Å². The van der Waals surface area contributed by atoms with Crippen molar-refractivity contribution in [2.24, 2.45) is 5.92 Å². The summed E-state index contributed by atoms with van der Waals surface area (Å²) in [6.07, 6.45) is 0. The van der Waals surface area contributed by atoms with Crippen LogP contribution in [0, 0.1) is 5.92 Å². The van der Waals surface area contributed by atoms with E-state index in [-0.39, 0.29) is 51.4 Å². The third-order valence-corrected chi connectivity index (χ3v) is 0. The van der Waals surface area contributed by atoms with E-state index in [0.717, 1.165) is 5.92 Å². The topological polar surface area (TPSA) is 0 Å². The fraction of sp³-hybridized carbons (Fsp3) is 1.00. The Balaban J connectivity index is -0.0000000494. The molecular weight excluding hydrogens is 348 g/mol. The van der Waals surface area contributed by atoms with Crippen molar-refractivity contribution in [1.82, 2.24) is 0 Å². The predicted molar refractivity (Wildman–Crippen MR) is 58.2 cm³/mol. The van der Waals surface area contributed by atoms with Crippen LogP contribution >= 0.6 is 0 Å².